The molecule has 0 bridgehead atoms. The lowest BCUT2D eigenvalue weighted by atomic mass is 9.91. The lowest BCUT2D eigenvalue weighted by Gasteiger charge is -2.27. The van der Waals surface area contributed by atoms with Crippen LogP contribution in [0.2, 0.25) is 0 Å². The van der Waals surface area contributed by atoms with Gasteiger partial charge in [-0.05, 0) is 24.8 Å². The predicted molar refractivity (Wildman–Crippen MR) is 102 cm³/mol. The van der Waals surface area contributed by atoms with Gasteiger partial charge in [-0.2, -0.15) is 9.78 Å². The van der Waals surface area contributed by atoms with E-state index < -0.39 is 0 Å². The summed E-state index contributed by atoms with van der Waals surface area (Å²) >= 11 is 1.42. The molecule has 26 heavy (non-hydrogen) atoms. The zero-order valence-corrected chi connectivity index (χ0v) is 15.3. The van der Waals surface area contributed by atoms with Crippen LogP contribution in [0, 0.1) is 11.3 Å². The fourth-order valence-electron chi connectivity index (χ4n) is 3.56. The second-order valence-corrected chi connectivity index (χ2v) is 7.37. The average Bonchev–Trinajstić information content (AvgIpc) is 3.30. The topological polar surface area (TPSA) is 74.3 Å². The summed E-state index contributed by atoms with van der Waals surface area (Å²) in [6.45, 7) is 2.82. The molecule has 7 heteroatoms. The normalized spacial score (nSPS) is 18.2. The summed E-state index contributed by atoms with van der Waals surface area (Å²) < 4.78 is 1.37. The molecule has 2 atom stereocenters. The Balaban J connectivity index is 1.73. The number of benzene rings is 1. The van der Waals surface area contributed by atoms with Crippen LogP contribution in [0.4, 0.5) is 5.13 Å². The van der Waals surface area contributed by atoms with Gasteiger partial charge in [-0.15, -0.1) is 5.10 Å². The van der Waals surface area contributed by atoms with Gasteiger partial charge in [-0.1, -0.05) is 48.6 Å². The quantitative estimate of drug-likeness (QED) is 0.710. The van der Waals surface area contributed by atoms with Gasteiger partial charge in [0.15, 0.2) is 0 Å². The largest absolute Gasteiger partial charge is 0.342 e. The Morgan fingerprint density at radius 2 is 2.19 bits per heavy atom. The lowest BCUT2D eigenvalue weighted by Crippen LogP contribution is -2.34. The molecule has 1 fully saturated rings. The Morgan fingerprint density at radius 3 is 2.92 bits per heavy atom. The number of nitriles is 1. The molecular formula is C19H19N5OS. The number of aromatic nitrogens is 3. The van der Waals surface area contributed by atoms with Crippen molar-refractivity contribution < 1.29 is 0 Å². The predicted octanol–water partition coefficient (Wildman–Crippen LogP) is 2.99. The molecule has 3 heterocycles. The van der Waals surface area contributed by atoms with E-state index in [1.165, 1.54) is 15.9 Å². The molecule has 1 aliphatic rings. The van der Waals surface area contributed by atoms with E-state index in [1.807, 2.05) is 37.3 Å². The van der Waals surface area contributed by atoms with Crippen molar-refractivity contribution in [3.63, 3.8) is 0 Å². The van der Waals surface area contributed by atoms with Crippen LogP contribution < -0.4 is 10.5 Å². The maximum absolute atomic E-state index is 12.3. The van der Waals surface area contributed by atoms with E-state index in [0.717, 1.165) is 42.2 Å². The van der Waals surface area contributed by atoms with Gasteiger partial charge >= 0.3 is 0 Å². The maximum atomic E-state index is 12.3. The molecule has 132 valence electrons. The monoisotopic (exact) mass is 365 g/mol. The van der Waals surface area contributed by atoms with E-state index in [-0.39, 0.29) is 17.5 Å². The number of hydrogen-bond donors (Lipinski definition) is 0. The Labute approximate surface area is 155 Å². The Bertz CT molecular complexity index is 1020. The van der Waals surface area contributed by atoms with Gasteiger partial charge in [-0.25, -0.2) is 4.98 Å². The molecular weight excluding hydrogens is 346 g/mol. The van der Waals surface area contributed by atoms with Gasteiger partial charge in [0.2, 0.25) is 10.1 Å². The van der Waals surface area contributed by atoms with Crippen molar-refractivity contribution in [2.24, 2.45) is 0 Å². The molecule has 1 saturated heterocycles. The van der Waals surface area contributed by atoms with Crippen molar-refractivity contribution in [3.8, 4) is 6.07 Å². The first-order valence-electron chi connectivity index (χ1n) is 8.82. The molecule has 1 aromatic carbocycles. The number of aryl methyl sites for hydroxylation is 1. The molecule has 0 spiro atoms. The van der Waals surface area contributed by atoms with E-state index in [4.69, 9.17) is 0 Å². The second kappa shape index (κ2) is 6.89. The van der Waals surface area contributed by atoms with Crippen molar-refractivity contribution >= 4 is 21.4 Å². The summed E-state index contributed by atoms with van der Waals surface area (Å²) in [7, 11) is 0. The number of fused-ring (bicyclic) bond motifs is 1. The minimum absolute atomic E-state index is 0.0595. The van der Waals surface area contributed by atoms with Gasteiger partial charge in [0, 0.05) is 18.3 Å². The summed E-state index contributed by atoms with van der Waals surface area (Å²) in [5.41, 5.74) is 1.66. The van der Waals surface area contributed by atoms with Crippen LogP contribution in [0.5, 0.6) is 0 Å². The van der Waals surface area contributed by atoms with Gasteiger partial charge in [0.25, 0.3) is 5.56 Å². The highest BCUT2D eigenvalue weighted by molar-refractivity contribution is 7.20. The van der Waals surface area contributed by atoms with E-state index >= 15 is 0 Å². The molecule has 6 nitrogen and oxygen atoms in total. The van der Waals surface area contributed by atoms with Crippen LogP contribution in [-0.2, 0) is 6.42 Å². The van der Waals surface area contributed by atoms with E-state index in [1.54, 1.807) is 6.07 Å². The van der Waals surface area contributed by atoms with Gasteiger partial charge in [0.05, 0.1) is 18.0 Å². The van der Waals surface area contributed by atoms with Crippen LogP contribution in [0.1, 0.15) is 36.9 Å². The standard InChI is InChI=1S/C19H19N5OS/c1-2-14-11-17(25)24-18(21-14)26-19(22-24)23-10-6-9-16(23)15(12-20)13-7-4-3-5-8-13/h3-5,7-8,11,15-16H,2,6,9-10H2,1H3. The third-order valence-corrected chi connectivity index (χ3v) is 5.82. The highest BCUT2D eigenvalue weighted by Crippen LogP contribution is 2.36. The Hall–Kier alpha value is -2.72. The summed E-state index contributed by atoms with van der Waals surface area (Å²) in [6, 6.07) is 14.0. The maximum Gasteiger partial charge on any atom is 0.275 e. The van der Waals surface area contributed by atoms with Crippen molar-refractivity contribution in [1.29, 1.82) is 5.26 Å². The van der Waals surface area contributed by atoms with E-state index in [0.29, 0.717) is 4.96 Å². The van der Waals surface area contributed by atoms with Crippen molar-refractivity contribution in [3.05, 3.63) is 58.0 Å². The van der Waals surface area contributed by atoms with Crippen molar-refractivity contribution in [1.82, 2.24) is 14.6 Å². The molecule has 0 aliphatic carbocycles. The van der Waals surface area contributed by atoms with E-state index in [2.05, 4.69) is 21.1 Å². The van der Waals surface area contributed by atoms with Crippen LogP contribution in [0.15, 0.2) is 41.2 Å². The fraction of sp³-hybridized carbons (Fsp3) is 0.368. The fourth-order valence-corrected chi connectivity index (χ4v) is 4.57. The number of rotatable bonds is 4. The molecule has 0 radical (unpaired) electrons. The minimum atomic E-state index is -0.221. The SMILES string of the molecule is CCc1cc(=O)n2nc(N3CCCC3C(C#N)c3ccccc3)sc2n1. The Morgan fingerprint density at radius 1 is 1.38 bits per heavy atom. The Kier molecular flexibility index (Phi) is 4.43. The van der Waals surface area contributed by atoms with Crippen LogP contribution in [0.3, 0.4) is 0 Å². The average molecular weight is 365 g/mol. The smallest absolute Gasteiger partial charge is 0.275 e. The van der Waals surface area contributed by atoms with Gasteiger partial charge < -0.3 is 4.90 Å². The number of anilines is 1. The summed E-state index contributed by atoms with van der Waals surface area (Å²) in [5.74, 6) is -0.221. The van der Waals surface area contributed by atoms with Gasteiger partial charge in [0.1, 0.15) is 0 Å². The third-order valence-electron chi connectivity index (χ3n) is 4.88. The molecule has 3 aromatic rings. The zero-order valence-electron chi connectivity index (χ0n) is 14.5. The van der Waals surface area contributed by atoms with Crippen LogP contribution in [0.25, 0.3) is 4.96 Å². The first-order valence-corrected chi connectivity index (χ1v) is 9.64. The number of hydrogen-bond acceptors (Lipinski definition) is 6. The van der Waals surface area contributed by atoms with Crippen LogP contribution >= 0.6 is 11.3 Å². The molecule has 0 amide bonds. The number of nitrogens with zero attached hydrogens (tertiary/aromatic N) is 5. The summed E-state index contributed by atoms with van der Waals surface area (Å²) in [6.07, 6.45) is 2.66. The van der Waals surface area contributed by atoms with Crippen LogP contribution in [-0.4, -0.2) is 27.2 Å². The molecule has 4 rings (SSSR count). The van der Waals surface area contributed by atoms with Crippen molar-refractivity contribution in [2.45, 2.75) is 38.1 Å². The molecule has 2 aromatic heterocycles. The molecule has 2 unspecified atom stereocenters. The van der Waals surface area contributed by atoms with E-state index in [9.17, 15) is 10.1 Å². The summed E-state index contributed by atoms with van der Waals surface area (Å²) in [5, 5.41) is 15.1. The summed E-state index contributed by atoms with van der Waals surface area (Å²) in [4.78, 5) is 19.6. The van der Waals surface area contributed by atoms with Crippen molar-refractivity contribution in [2.75, 3.05) is 11.4 Å². The minimum Gasteiger partial charge on any atom is -0.342 e. The lowest BCUT2D eigenvalue weighted by molar-refractivity contribution is 0.608. The molecule has 0 N–H and O–H groups in total. The second-order valence-electron chi connectivity index (χ2n) is 6.44. The molecule has 1 aliphatic heterocycles. The zero-order chi connectivity index (χ0) is 18.1. The first-order chi connectivity index (χ1) is 12.7. The first kappa shape index (κ1) is 16.7. The highest BCUT2D eigenvalue weighted by atomic mass is 32.1. The van der Waals surface area contributed by atoms with Gasteiger partial charge in [-0.3, -0.25) is 4.79 Å². The molecule has 0 saturated carbocycles. The highest BCUT2D eigenvalue weighted by Gasteiger charge is 2.34. The third kappa shape index (κ3) is 2.86.